The number of hydrogen-bond acceptors (Lipinski definition) is 4. The number of carbonyl (C=O) groups excluding carboxylic acids is 2. The maximum atomic E-state index is 12.4. The molecular formula is C16H22N4O4. The number of carbonyl (C=O) groups is 3. The molecular weight excluding hydrogens is 312 g/mol. The standard InChI is InChI=1S/C16H22N4O4/c1-19(15(22)13-7-12(17-18-13)10-4-5-10)9-14(21)20-6-2-3-11(8-20)16(23)24/h7,10-11H,2-6,8-9H2,1H3,(H,17,18)(H,23,24). The highest BCUT2D eigenvalue weighted by molar-refractivity contribution is 5.95. The van der Waals surface area contributed by atoms with Gasteiger partial charge in [0.1, 0.15) is 5.69 Å². The third-order valence-electron chi connectivity index (χ3n) is 4.68. The predicted molar refractivity (Wildman–Crippen MR) is 84.5 cm³/mol. The second-order valence-corrected chi connectivity index (χ2v) is 6.66. The summed E-state index contributed by atoms with van der Waals surface area (Å²) in [5.74, 6) is -1.45. The van der Waals surface area contributed by atoms with Gasteiger partial charge in [-0.25, -0.2) is 0 Å². The van der Waals surface area contributed by atoms with E-state index < -0.39 is 11.9 Å². The number of piperidine rings is 1. The molecule has 24 heavy (non-hydrogen) atoms. The van der Waals surface area contributed by atoms with Crippen LogP contribution in [0.5, 0.6) is 0 Å². The molecule has 0 radical (unpaired) electrons. The molecule has 3 rings (SSSR count). The fraction of sp³-hybridized carbons (Fsp3) is 0.625. The normalized spacial score (nSPS) is 20.7. The molecule has 2 fully saturated rings. The molecule has 130 valence electrons. The van der Waals surface area contributed by atoms with Crippen molar-refractivity contribution >= 4 is 17.8 Å². The average Bonchev–Trinajstić information content (AvgIpc) is 3.31. The first-order chi connectivity index (χ1) is 11.5. The van der Waals surface area contributed by atoms with Crippen molar-refractivity contribution in [2.24, 2.45) is 5.92 Å². The Morgan fingerprint density at radius 2 is 2.12 bits per heavy atom. The highest BCUT2D eigenvalue weighted by Gasteiger charge is 2.30. The van der Waals surface area contributed by atoms with Crippen LogP contribution in [0.4, 0.5) is 0 Å². The number of carboxylic acids is 1. The quantitative estimate of drug-likeness (QED) is 0.823. The maximum Gasteiger partial charge on any atom is 0.308 e. The summed E-state index contributed by atoms with van der Waals surface area (Å²) in [5, 5.41) is 16.0. The summed E-state index contributed by atoms with van der Waals surface area (Å²) in [6, 6.07) is 1.75. The number of hydrogen-bond donors (Lipinski definition) is 2. The molecule has 2 amide bonds. The van der Waals surface area contributed by atoms with Gasteiger partial charge in [0.25, 0.3) is 5.91 Å². The second kappa shape index (κ2) is 6.62. The lowest BCUT2D eigenvalue weighted by Gasteiger charge is -2.31. The van der Waals surface area contributed by atoms with Gasteiger partial charge >= 0.3 is 5.97 Å². The number of likely N-dealkylation sites (tertiary alicyclic amines) is 1. The minimum atomic E-state index is -0.874. The van der Waals surface area contributed by atoms with E-state index >= 15 is 0 Å². The first-order valence-electron chi connectivity index (χ1n) is 8.27. The van der Waals surface area contributed by atoms with Crippen LogP contribution in [0, 0.1) is 5.92 Å². The molecule has 0 bridgehead atoms. The lowest BCUT2D eigenvalue weighted by molar-refractivity contribution is -0.145. The predicted octanol–water partition coefficient (Wildman–Crippen LogP) is 0.682. The summed E-state index contributed by atoms with van der Waals surface area (Å²) in [6.07, 6.45) is 3.49. The molecule has 1 aliphatic carbocycles. The van der Waals surface area contributed by atoms with Crippen LogP contribution >= 0.6 is 0 Å². The topological polar surface area (TPSA) is 107 Å². The van der Waals surface area contributed by atoms with Gasteiger partial charge in [0.05, 0.1) is 12.5 Å². The summed E-state index contributed by atoms with van der Waals surface area (Å²) in [5.41, 5.74) is 1.28. The van der Waals surface area contributed by atoms with E-state index in [1.54, 1.807) is 13.1 Å². The fourth-order valence-corrected chi connectivity index (χ4v) is 3.03. The lowest BCUT2D eigenvalue weighted by Crippen LogP contribution is -2.46. The molecule has 0 spiro atoms. The molecule has 8 heteroatoms. The van der Waals surface area contributed by atoms with E-state index in [2.05, 4.69) is 10.2 Å². The Labute approximate surface area is 139 Å². The van der Waals surface area contributed by atoms with E-state index in [0.717, 1.165) is 18.5 Å². The smallest absolute Gasteiger partial charge is 0.308 e. The zero-order chi connectivity index (χ0) is 17.3. The van der Waals surface area contributed by atoms with E-state index in [1.807, 2.05) is 0 Å². The molecule has 1 saturated heterocycles. The van der Waals surface area contributed by atoms with Crippen molar-refractivity contribution < 1.29 is 19.5 Å². The number of nitrogens with one attached hydrogen (secondary N) is 1. The van der Waals surface area contributed by atoms with Gasteiger partial charge in [-0.2, -0.15) is 5.10 Å². The van der Waals surface area contributed by atoms with Crippen molar-refractivity contribution in [2.75, 3.05) is 26.7 Å². The van der Waals surface area contributed by atoms with Crippen LogP contribution in [0.25, 0.3) is 0 Å². The molecule has 1 atom stereocenters. The van der Waals surface area contributed by atoms with Gasteiger partial charge < -0.3 is 14.9 Å². The zero-order valence-electron chi connectivity index (χ0n) is 13.7. The monoisotopic (exact) mass is 334 g/mol. The number of amides is 2. The van der Waals surface area contributed by atoms with Crippen LogP contribution in [-0.2, 0) is 9.59 Å². The van der Waals surface area contributed by atoms with Crippen LogP contribution in [-0.4, -0.2) is 69.6 Å². The second-order valence-electron chi connectivity index (χ2n) is 6.66. The van der Waals surface area contributed by atoms with Crippen molar-refractivity contribution in [1.29, 1.82) is 0 Å². The highest BCUT2D eigenvalue weighted by Crippen LogP contribution is 2.39. The molecule has 1 unspecified atom stereocenters. The molecule has 2 N–H and O–H groups in total. The number of H-pyrrole nitrogens is 1. The number of aromatic amines is 1. The van der Waals surface area contributed by atoms with Crippen molar-refractivity contribution in [3.05, 3.63) is 17.5 Å². The molecule has 2 heterocycles. The number of carboxylic acid groups (broad SMARTS) is 1. The molecule has 8 nitrogen and oxygen atoms in total. The molecule has 1 saturated carbocycles. The fourth-order valence-electron chi connectivity index (χ4n) is 3.03. The molecule has 0 aromatic carbocycles. The van der Waals surface area contributed by atoms with Crippen molar-refractivity contribution in [3.63, 3.8) is 0 Å². The first kappa shape index (κ1) is 16.5. The molecule has 1 aromatic heterocycles. The van der Waals surface area contributed by atoms with Gasteiger partial charge in [-0.3, -0.25) is 19.5 Å². The molecule has 1 aromatic rings. The van der Waals surface area contributed by atoms with Crippen molar-refractivity contribution in [3.8, 4) is 0 Å². The van der Waals surface area contributed by atoms with E-state index in [0.29, 0.717) is 31.0 Å². The number of likely N-dealkylation sites (N-methyl/N-ethyl adjacent to an activating group) is 1. The minimum Gasteiger partial charge on any atom is -0.481 e. The SMILES string of the molecule is CN(CC(=O)N1CCCC(C(=O)O)C1)C(=O)c1cc(C2CC2)[nH]n1. The Bertz CT molecular complexity index is 652. The van der Waals surface area contributed by atoms with Crippen LogP contribution in [0.2, 0.25) is 0 Å². The lowest BCUT2D eigenvalue weighted by atomic mass is 9.98. The van der Waals surface area contributed by atoms with E-state index in [4.69, 9.17) is 5.11 Å². The highest BCUT2D eigenvalue weighted by atomic mass is 16.4. The third kappa shape index (κ3) is 3.58. The summed E-state index contributed by atoms with van der Waals surface area (Å²) >= 11 is 0. The van der Waals surface area contributed by atoms with Crippen LogP contribution in [0.15, 0.2) is 6.07 Å². The maximum absolute atomic E-state index is 12.4. The van der Waals surface area contributed by atoms with Crippen LogP contribution < -0.4 is 0 Å². The Kier molecular flexibility index (Phi) is 4.55. The van der Waals surface area contributed by atoms with Crippen molar-refractivity contribution in [1.82, 2.24) is 20.0 Å². The largest absolute Gasteiger partial charge is 0.481 e. The Hall–Kier alpha value is -2.38. The van der Waals surface area contributed by atoms with Crippen molar-refractivity contribution in [2.45, 2.75) is 31.6 Å². The summed E-state index contributed by atoms with van der Waals surface area (Å²) in [6.45, 7) is 0.681. The van der Waals surface area contributed by atoms with Gasteiger partial charge in [-0.05, 0) is 31.7 Å². The molecule has 2 aliphatic rings. The van der Waals surface area contributed by atoms with Crippen LogP contribution in [0.1, 0.15) is 47.8 Å². The molecule has 1 aliphatic heterocycles. The van der Waals surface area contributed by atoms with Gasteiger partial charge in [-0.15, -0.1) is 0 Å². The Morgan fingerprint density at radius 1 is 1.38 bits per heavy atom. The van der Waals surface area contributed by atoms with Crippen LogP contribution in [0.3, 0.4) is 0 Å². The minimum absolute atomic E-state index is 0.0726. The average molecular weight is 334 g/mol. The van der Waals surface area contributed by atoms with Gasteiger partial charge in [0, 0.05) is 31.7 Å². The number of nitrogens with zero attached hydrogens (tertiary/aromatic N) is 3. The first-order valence-corrected chi connectivity index (χ1v) is 8.27. The van der Waals surface area contributed by atoms with E-state index in [9.17, 15) is 14.4 Å². The Morgan fingerprint density at radius 3 is 2.79 bits per heavy atom. The summed E-state index contributed by atoms with van der Waals surface area (Å²) < 4.78 is 0. The number of rotatable bonds is 5. The third-order valence-corrected chi connectivity index (χ3v) is 4.68. The summed E-state index contributed by atoms with van der Waals surface area (Å²) in [4.78, 5) is 38.7. The van der Waals surface area contributed by atoms with E-state index in [1.165, 1.54) is 9.80 Å². The number of aromatic nitrogens is 2. The summed E-state index contributed by atoms with van der Waals surface area (Å²) in [7, 11) is 1.56. The van der Waals surface area contributed by atoms with Gasteiger partial charge in [-0.1, -0.05) is 0 Å². The van der Waals surface area contributed by atoms with Gasteiger partial charge in [0.15, 0.2) is 0 Å². The zero-order valence-corrected chi connectivity index (χ0v) is 13.7. The Balaban J connectivity index is 1.56. The van der Waals surface area contributed by atoms with E-state index in [-0.39, 0.29) is 24.9 Å². The number of aliphatic carboxylic acids is 1. The van der Waals surface area contributed by atoms with Gasteiger partial charge in [0.2, 0.25) is 5.91 Å².